The lowest BCUT2D eigenvalue weighted by molar-refractivity contribution is 0.122. The molecule has 0 saturated carbocycles. The number of aromatic nitrogens is 4. The number of anilines is 3. The number of nitrogens with two attached hydrogens (primary N) is 2. The molecule has 0 amide bonds. The van der Waals surface area contributed by atoms with E-state index in [0.717, 1.165) is 18.5 Å². The topological polar surface area (TPSA) is 153 Å². The molecule has 2 aliphatic heterocycles. The van der Waals surface area contributed by atoms with Crippen LogP contribution in [0.2, 0.25) is 0 Å². The Balaban J connectivity index is 1.66. The van der Waals surface area contributed by atoms with Gasteiger partial charge < -0.3 is 21.1 Å². The van der Waals surface area contributed by atoms with Crippen LogP contribution in [0.1, 0.15) is 18.5 Å². The molecule has 0 aromatic carbocycles. The first-order chi connectivity index (χ1) is 14.8. The van der Waals surface area contributed by atoms with Gasteiger partial charge in [0.05, 0.1) is 30.7 Å². The molecule has 11 nitrogen and oxygen atoms in total. The van der Waals surface area contributed by atoms with Crippen LogP contribution in [0.15, 0.2) is 12.3 Å². The van der Waals surface area contributed by atoms with Gasteiger partial charge in [-0.25, -0.2) is 27.7 Å². The molecular formula is C19H28N8O3S. The summed E-state index contributed by atoms with van der Waals surface area (Å²) in [6, 6.07) is 1.88. The van der Waals surface area contributed by atoms with Crippen molar-refractivity contribution in [3.63, 3.8) is 0 Å². The van der Waals surface area contributed by atoms with Gasteiger partial charge in [0, 0.05) is 38.1 Å². The van der Waals surface area contributed by atoms with Gasteiger partial charge in [-0.2, -0.15) is 4.98 Å². The van der Waals surface area contributed by atoms with Gasteiger partial charge in [-0.3, -0.25) is 0 Å². The Hall–Kier alpha value is -2.57. The predicted octanol–water partition coefficient (Wildman–Crippen LogP) is 0.149. The summed E-state index contributed by atoms with van der Waals surface area (Å²) in [6.07, 6.45) is 5.27. The molecule has 0 unspecified atom stereocenters. The maximum atomic E-state index is 12.0. The standard InChI is InChI=1S/C19H28N8O3S/c1-31(28,29)27-4-2-3-13(12-27)9-14-10-16(15-11-22-18(21)25-17(15)20)24-19(23-14)26-5-7-30-8-6-26/h10-11,13H,2-9,12H2,1H3,(H4,20,21,22,25)/t13-/m1/s1. The van der Waals surface area contributed by atoms with Crippen molar-refractivity contribution in [2.75, 3.05) is 62.0 Å². The Morgan fingerprint density at radius 1 is 1.16 bits per heavy atom. The SMILES string of the molecule is CS(=O)(=O)N1CCC[C@H](Cc2cc(-c3cnc(N)nc3N)nc(N3CCOCC3)n2)C1. The van der Waals surface area contributed by atoms with Crippen molar-refractivity contribution in [2.24, 2.45) is 5.92 Å². The van der Waals surface area contributed by atoms with Crippen LogP contribution in [0.4, 0.5) is 17.7 Å². The molecule has 168 valence electrons. The minimum absolute atomic E-state index is 0.104. The summed E-state index contributed by atoms with van der Waals surface area (Å²) in [6.45, 7) is 3.69. The number of piperidine rings is 1. The zero-order chi connectivity index (χ0) is 22.0. The van der Waals surface area contributed by atoms with Gasteiger partial charge in [0.1, 0.15) is 5.82 Å². The first kappa shape index (κ1) is 21.7. The molecule has 4 N–H and O–H groups in total. The second-order valence-electron chi connectivity index (χ2n) is 8.00. The minimum atomic E-state index is -3.20. The van der Waals surface area contributed by atoms with E-state index in [4.69, 9.17) is 26.2 Å². The van der Waals surface area contributed by atoms with E-state index in [1.165, 1.54) is 6.26 Å². The van der Waals surface area contributed by atoms with Gasteiger partial charge in [0.25, 0.3) is 0 Å². The third kappa shape index (κ3) is 5.20. The molecule has 2 aliphatic rings. The molecule has 2 aromatic heterocycles. The van der Waals surface area contributed by atoms with Gasteiger partial charge in [-0.15, -0.1) is 0 Å². The predicted molar refractivity (Wildman–Crippen MR) is 118 cm³/mol. The first-order valence-corrected chi connectivity index (χ1v) is 12.2. The fourth-order valence-electron chi connectivity index (χ4n) is 4.03. The van der Waals surface area contributed by atoms with Crippen LogP contribution < -0.4 is 16.4 Å². The molecule has 0 radical (unpaired) electrons. The Morgan fingerprint density at radius 2 is 1.94 bits per heavy atom. The summed E-state index contributed by atoms with van der Waals surface area (Å²) in [7, 11) is -3.20. The van der Waals surface area contributed by atoms with Gasteiger partial charge in [0.2, 0.25) is 21.9 Å². The molecule has 0 spiro atoms. The molecule has 12 heteroatoms. The Bertz CT molecular complexity index is 1040. The lowest BCUT2D eigenvalue weighted by Gasteiger charge is -2.31. The average Bonchev–Trinajstić information content (AvgIpc) is 2.74. The van der Waals surface area contributed by atoms with Gasteiger partial charge in [0.15, 0.2) is 0 Å². The fraction of sp³-hybridized carbons (Fsp3) is 0.579. The monoisotopic (exact) mass is 448 g/mol. The molecule has 1 atom stereocenters. The number of morpholine rings is 1. The van der Waals surface area contributed by atoms with E-state index in [0.29, 0.717) is 63.0 Å². The van der Waals surface area contributed by atoms with E-state index >= 15 is 0 Å². The third-order valence-corrected chi connectivity index (χ3v) is 6.89. The molecule has 31 heavy (non-hydrogen) atoms. The third-order valence-electron chi connectivity index (χ3n) is 5.62. The molecule has 0 bridgehead atoms. The number of ether oxygens (including phenoxy) is 1. The maximum absolute atomic E-state index is 12.0. The highest BCUT2D eigenvalue weighted by Gasteiger charge is 2.27. The number of nitrogens with zero attached hydrogens (tertiary/aromatic N) is 6. The van der Waals surface area contributed by atoms with Crippen molar-refractivity contribution < 1.29 is 13.2 Å². The van der Waals surface area contributed by atoms with E-state index < -0.39 is 10.0 Å². The Morgan fingerprint density at radius 3 is 2.65 bits per heavy atom. The van der Waals surface area contributed by atoms with E-state index in [-0.39, 0.29) is 17.7 Å². The first-order valence-electron chi connectivity index (χ1n) is 10.3. The van der Waals surface area contributed by atoms with E-state index in [9.17, 15) is 8.42 Å². The highest BCUT2D eigenvalue weighted by molar-refractivity contribution is 7.88. The quantitative estimate of drug-likeness (QED) is 0.646. The van der Waals surface area contributed by atoms with Crippen molar-refractivity contribution in [1.82, 2.24) is 24.2 Å². The zero-order valence-electron chi connectivity index (χ0n) is 17.6. The van der Waals surface area contributed by atoms with Gasteiger partial charge in [-0.05, 0) is 31.2 Å². The summed E-state index contributed by atoms with van der Waals surface area (Å²) < 4.78 is 31.0. The molecule has 4 rings (SSSR count). The van der Waals surface area contributed by atoms with Gasteiger partial charge in [-0.1, -0.05) is 0 Å². The maximum Gasteiger partial charge on any atom is 0.226 e. The highest BCUT2D eigenvalue weighted by atomic mass is 32.2. The van der Waals surface area contributed by atoms with Crippen molar-refractivity contribution in [2.45, 2.75) is 19.3 Å². The smallest absolute Gasteiger partial charge is 0.226 e. The molecule has 0 aliphatic carbocycles. The number of hydrogen-bond acceptors (Lipinski definition) is 10. The zero-order valence-corrected chi connectivity index (χ0v) is 18.4. The van der Waals surface area contributed by atoms with Crippen LogP contribution in [0.5, 0.6) is 0 Å². The summed E-state index contributed by atoms with van der Waals surface area (Å²) in [5, 5.41) is 0. The lowest BCUT2D eigenvalue weighted by atomic mass is 9.94. The van der Waals surface area contributed by atoms with Crippen LogP contribution in [-0.4, -0.2) is 78.3 Å². The fourth-order valence-corrected chi connectivity index (χ4v) is 4.97. The lowest BCUT2D eigenvalue weighted by Crippen LogP contribution is -2.40. The number of sulfonamides is 1. The highest BCUT2D eigenvalue weighted by Crippen LogP contribution is 2.28. The molecule has 4 heterocycles. The summed E-state index contributed by atoms with van der Waals surface area (Å²) in [5.41, 5.74) is 13.8. The molecule has 2 aromatic rings. The number of nitrogen functional groups attached to an aromatic ring is 2. The van der Waals surface area contributed by atoms with Crippen molar-refractivity contribution >= 4 is 27.7 Å². The van der Waals surface area contributed by atoms with Crippen LogP contribution in [0.25, 0.3) is 11.3 Å². The minimum Gasteiger partial charge on any atom is -0.383 e. The van der Waals surface area contributed by atoms with E-state index in [1.54, 1.807) is 10.5 Å². The Labute approximate surface area is 181 Å². The second kappa shape index (κ2) is 8.89. The molecule has 2 fully saturated rings. The van der Waals surface area contributed by atoms with Gasteiger partial charge >= 0.3 is 0 Å². The number of hydrogen-bond donors (Lipinski definition) is 2. The van der Waals surface area contributed by atoms with Crippen LogP contribution >= 0.6 is 0 Å². The summed E-state index contributed by atoms with van der Waals surface area (Å²) in [5.74, 6) is 1.14. The van der Waals surface area contributed by atoms with E-state index in [1.807, 2.05) is 6.07 Å². The number of rotatable bonds is 5. The molecular weight excluding hydrogens is 420 g/mol. The normalized spacial score (nSPS) is 20.7. The second-order valence-corrected chi connectivity index (χ2v) is 9.99. The molecule has 2 saturated heterocycles. The van der Waals surface area contributed by atoms with Crippen LogP contribution in [0, 0.1) is 5.92 Å². The van der Waals surface area contributed by atoms with Crippen molar-refractivity contribution in [3.8, 4) is 11.3 Å². The van der Waals surface area contributed by atoms with E-state index in [2.05, 4.69) is 14.9 Å². The average molecular weight is 449 g/mol. The van der Waals surface area contributed by atoms with Crippen molar-refractivity contribution in [3.05, 3.63) is 18.0 Å². The summed E-state index contributed by atoms with van der Waals surface area (Å²) >= 11 is 0. The largest absolute Gasteiger partial charge is 0.383 e. The van der Waals surface area contributed by atoms with Crippen LogP contribution in [-0.2, 0) is 21.2 Å². The summed E-state index contributed by atoms with van der Waals surface area (Å²) in [4.78, 5) is 19.7. The Kier molecular flexibility index (Phi) is 6.21. The van der Waals surface area contributed by atoms with Crippen LogP contribution in [0.3, 0.4) is 0 Å². The van der Waals surface area contributed by atoms with Crippen molar-refractivity contribution in [1.29, 1.82) is 0 Å².